The molecule has 0 spiro atoms. The van der Waals surface area contributed by atoms with Gasteiger partial charge in [0.25, 0.3) is 0 Å². The third kappa shape index (κ3) is 6.15. The van der Waals surface area contributed by atoms with E-state index in [1.54, 1.807) is 17.0 Å². The van der Waals surface area contributed by atoms with Crippen molar-refractivity contribution in [1.29, 1.82) is 5.26 Å². The number of nitrogens with zero attached hydrogens (tertiary/aromatic N) is 4. The van der Waals surface area contributed by atoms with E-state index in [2.05, 4.69) is 40.1 Å². The maximum absolute atomic E-state index is 12.3. The molecule has 0 atom stereocenters. The molecule has 1 amide bonds. The van der Waals surface area contributed by atoms with Crippen LogP contribution >= 0.6 is 0 Å². The van der Waals surface area contributed by atoms with Crippen molar-refractivity contribution in [2.75, 3.05) is 43.0 Å². The van der Waals surface area contributed by atoms with E-state index in [0.717, 1.165) is 41.5 Å². The monoisotopic (exact) mass is 472 g/mol. The van der Waals surface area contributed by atoms with E-state index in [4.69, 9.17) is 14.4 Å². The number of hydrogen-bond acceptors (Lipinski definition) is 6. The third-order valence-corrected chi connectivity index (χ3v) is 5.94. The molecule has 1 fully saturated rings. The fourth-order valence-electron chi connectivity index (χ4n) is 4.04. The molecule has 1 aliphatic rings. The highest BCUT2D eigenvalue weighted by molar-refractivity contribution is 5.69. The van der Waals surface area contributed by atoms with E-state index < -0.39 is 5.60 Å². The summed E-state index contributed by atoms with van der Waals surface area (Å²) in [6.07, 6.45) is -0.241. The number of carbonyl (C=O) groups excluding carboxylic acids is 1. The molecule has 0 unspecified atom stereocenters. The lowest BCUT2D eigenvalue weighted by atomic mass is 10.1. The minimum absolute atomic E-state index is 0.241. The summed E-state index contributed by atoms with van der Waals surface area (Å²) >= 11 is 0. The van der Waals surface area contributed by atoms with Crippen LogP contribution in [0, 0.1) is 11.3 Å². The van der Waals surface area contributed by atoms with Crippen molar-refractivity contribution in [3.8, 4) is 17.4 Å². The Balaban J connectivity index is 1.32. The summed E-state index contributed by atoms with van der Waals surface area (Å²) in [5.41, 5.74) is 3.35. The molecule has 1 saturated heterocycles. The molecule has 35 heavy (non-hydrogen) atoms. The van der Waals surface area contributed by atoms with Gasteiger partial charge in [0.05, 0.1) is 18.2 Å². The summed E-state index contributed by atoms with van der Waals surface area (Å²) in [4.78, 5) is 18.5. The molecule has 0 N–H and O–H groups in total. The van der Waals surface area contributed by atoms with Crippen molar-refractivity contribution >= 4 is 17.5 Å². The van der Waals surface area contributed by atoms with Crippen molar-refractivity contribution in [3.63, 3.8) is 0 Å². The van der Waals surface area contributed by atoms with E-state index in [1.165, 1.54) is 0 Å². The molecule has 1 aromatic heterocycles. The number of anilines is 2. The van der Waals surface area contributed by atoms with Crippen LogP contribution in [0.2, 0.25) is 0 Å². The summed E-state index contributed by atoms with van der Waals surface area (Å²) in [5, 5.41) is 8.97. The average Bonchev–Trinajstić information content (AvgIpc) is 3.31. The first-order chi connectivity index (χ1) is 16.7. The largest absolute Gasteiger partial charge is 0.459 e. The lowest BCUT2D eigenvalue weighted by Crippen LogP contribution is -2.50. The molecule has 0 bridgehead atoms. The Morgan fingerprint density at radius 3 is 2.26 bits per heavy atom. The number of carbonyl (C=O) groups is 1. The molecule has 4 rings (SSSR count). The number of hydrogen-bond donors (Lipinski definition) is 0. The van der Waals surface area contributed by atoms with Crippen LogP contribution in [-0.4, -0.2) is 49.8 Å². The number of ether oxygens (including phenoxy) is 1. The lowest BCUT2D eigenvalue weighted by Gasteiger charge is -2.36. The first kappa shape index (κ1) is 24.2. The van der Waals surface area contributed by atoms with Crippen molar-refractivity contribution < 1.29 is 13.9 Å². The molecule has 3 aromatic rings. The molecule has 182 valence electrons. The molecular formula is C28H32N4O3. The maximum atomic E-state index is 12.3. The highest BCUT2D eigenvalue weighted by atomic mass is 16.6. The highest BCUT2D eigenvalue weighted by Gasteiger charge is 2.26. The molecule has 0 radical (unpaired) electrons. The zero-order valence-electron chi connectivity index (χ0n) is 20.8. The second-order valence-electron chi connectivity index (χ2n) is 9.78. The van der Waals surface area contributed by atoms with Crippen molar-refractivity contribution in [2.45, 2.75) is 32.9 Å². The summed E-state index contributed by atoms with van der Waals surface area (Å²) < 4.78 is 11.5. The Morgan fingerprint density at radius 1 is 1.00 bits per heavy atom. The third-order valence-electron chi connectivity index (χ3n) is 5.94. The summed E-state index contributed by atoms with van der Waals surface area (Å²) in [6, 6.07) is 21.9. The lowest BCUT2D eigenvalue weighted by molar-refractivity contribution is 0.0240. The van der Waals surface area contributed by atoms with Crippen LogP contribution in [0.1, 0.15) is 32.1 Å². The first-order valence-electron chi connectivity index (χ1n) is 11.9. The van der Waals surface area contributed by atoms with Gasteiger partial charge >= 0.3 is 6.09 Å². The van der Waals surface area contributed by atoms with Crippen LogP contribution in [-0.2, 0) is 11.3 Å². The molecular weight excluding hydrogens is 440 g/mol. The Bertz CT molecular complexity index is 1180. The Kier molecular flexibility index (Phi) is 7.02. The zero-order chi connectivity index (χ0) is 25.0. The second kappa shape index (κ2) is 10.1. The van der Waals surface area contributed by atoms with Gasteiger partial charge in [-0.1, -0.05) is 0 Å². The number of amides is 1. The number of piperazine rings is 1. The van der Waals surface area contributed by atoms with E-state index in [-0.39, 0.29) is 6.09 Å². The number of furan rings is 1. The van der Waals surface area contributed by atoms with Crippen LogP contribution < -0.4 is 9.80 Å². The van der Waals surface area contributed by atoms with E-state index in [0.29, 0.717) is 25.2 Å². The van der Waals surface area contributed by atoms with Crippen LogP contribution in [0.5, 0.6) is 0 Å². The SMILES string of the molecule is CN(Cc1ccc(-c2ccc(C#N)cc2)o1)c1ccc(N2CCN(C(=O)OC(C)(C)C)CC2)cc1. The van der Waals surface area contributed by atoms with Crippen molar-refractivity contribution in [2.24, 2.45) is 0 Å². The Labute approximate surface area is 207 Å². The van der Waals surface area contributed by atoms with Gasteiger partial charge in [0, 0.05) is 50.2 Å². The Hall–Kier alpha value is -3.92. The predicted molar refractivity (Wildman–Crippen MR) is 137 cm³/mol. The van der Waals surface area contributed by atoms with Gasteiger partial charge in [-0.2, -0.15) is 5.26 Å². The first-order valence-corrected chi connectivity index (χ1v) is 11.9. The smallest absolute Gasteiger partial charge is 0.410 e. The van der Waals surface area contributed by atoms with E-state index >= 15 is 0 Å². The number of rotatable bonds is 5. The zero-order valence-corrected chi connectivity index (χ0v) is 20.8. The van der Waals surface area contributed by atoms with Gasteiger partial charge < -0.3 is 23.9 Å². The van der Waals surface area contributed by atoms with Crippen LogP contribution in [0.4, 0.5) is 16.2 Å². The van der Waals surface area contributed by atoms with Gasteiger partial charge in [-0.05, 0) is 81.4 Å². The fourth-order valence-corrected chi connectivity index (χ4v) is 4.04. The van der Waals surface area contributed by atoms with Gasteiger partial charge in [-0.3, -0.25) is 0 Å². The van der Waals surface area contributed by atoms with E-state index in [1.807, 2.05) is 52.1 Å². The molecule has 7 nitrogen and oxygen atoms in total. The molecule has 0 saturated carbocycles. The molecule has 7 heteroatoms. The van der Waals surface area contributed by atoms with Crippen LogP contribution in [0.3, 0.4) is 0 Å². The fraction of sp³-hybridized carbons (Fsp3) is 0.357. The minimum Gasteiger partial charge on any atom is -0.459 e. The van der Waals surface area contributed by atoms with Crippen molar-refractivity contribution in [1.82, 2.24) is 4.90 Å². The average molecular weight is 473 g/mol. The van der Waals surface area contributed by atoms with Gasteiger partial charge in [-0.15, -0.1) is 0 Å². The second-order valence-corrected chi connectivity index (χ2v) is 9.78. The van der Waals surface area contributed by atoms with Crippen molar-refractivity contribution in [3.05, 3.63) is 72.0 Å². The van der Waals surface area contributed by atoms with Gasteiger partial charge in [0.2, 0.25) is 0 Å². The summed E-state index contributed by atoms with van der Waals surface area (Å²) in [7, 11) is 2.04. The molecule has 1 aliphatic heterocycles. The number of benzene rings is 2. The van der Waals surface area contributed by atoms with Gasteiger partial charge in [0.1, 0.15) is 17.1 Å². The quantitative estimate of drug-likeness (QED) is 0.487. The maximum Gasteiger partial charge on any atom is 0.410 e. The van der Waals surface area contributed by atoms with E-state index in [9.17, 15) is 4.79 Å². The number of nitriles is 1. The predicted octanol–water partition coefficient (Wildman–Crippen LogP) is 5.51. The molecule has 2 heterocycles. The summed E-state index contributed by atoms with van der Waals surface area (Å²) in [6.45, 7) is 9.16. The highest BCUT2D eigenvalue weighted by Crippen LogP contribution is 2.26. The normalized spacial score (nSPS) is 13.9. The van der Waals surface area contributed by atoms with Crippen LogP contribution in [0.25, 0.3) is 11.3 Å². The molecule has 2 aromatic carbocycles. The van der Waals surface area contributed by atoms with Gasteiger partial charge in [-0.25, -0.2) is 4.79 Å². The summed E-state index contributed by atoms with van der Waals surface area (Å²) in [5.74, 6) is 1.66. The standard InChI is InChI=1S/C28H32N4O3/c1-28(2,3)35-27(33)32-17-15-31(16-18-32)24-11-9-23(10-12-24)30(4)20-25-13-14-26(34-25)22-7-5-21(19-29)6-8-22/h5-14H,15-18,20H2,1-4H3. The topological polar surface area (TPSA) is 73.0 Å². The minimum atomic E-state index is -0.475. The van der Waals surface area contributed by atoms with Gasteiger partial charge in [0.15, 0.2) is 0 Å². The molecule has 0 aliphatic carbocycles. The Morgan fingerprint density at radius 2 is 1.66 bits per heavy atom. The van der Waals surface area contributed by atoms with Crippen LogP contribution in [0.15, 0.2) is 65.1 Å².